The summed E-state index contributed by atoms with van der Waals surface area (Å²) in [6.45, 7) is 9.08. The van der Waals surface area contributed by atoms with Crippen LogP contribution in [-0.2, 0) is 5.41 Å². The Hall–Kier alpha value is -7.24. The highest BCUT2D eigenvalue weighted by Gasteiger charge is 2.46. The summed E-state index contributed by atoms with van der Waals surface area (Å²) in [7, 11) is 0. The van der Waals surface area contributed by atoms with Gasteiger partial charge in [0.1, 0.15) is 11.2 Å². The van der Waals surface area contributed by atoms with Gasteiger partial charge in [-0.2, -0.15) is 0 Å². The third-order valence-corrected chi connectivity index (χ3v) is 16.3. The Morgan fingerprint density at radius 1 is 0.732 bits per heavy atom. The molecular formula is C66H64BN3O. The minimum absolute atomic E-state index is 0.0319. The molecule has 0 radical (unpaired) electrons. The summed E-state index contributed by atoms with van der Waals surface area (Å²) in [5.74, 6) is 0.729. The Kier molecular flexibility index (Phi) is 11.9. The van der Waals surface area contributed by atoms with Crippen molar-refractivity contribution in [2.45, 2.75) is 97.3 Å². The molecule has 0 amide bonds. The number of hydrogen-bond acceptors (Lipinski definition) is 4. The second kappa shape index (κ2) is 18.8. The SMILES string of the molecule is C/C=C\C(=C/C)N(c1ccccc1)c1ccc2c(c1)N(c1ccc(-c3cccc4oc5ccccc5c34)cc1)c1cc(C3(CCCC)CCCC(CC)C3)cc3c1B2c1ccccc1N3C1=CCCC=C1. The van der Waals surface area contributed by atoms with Crippen LogP contribution in [0.25, 0.3) is 33.1 Å². The van der Waals surface area contributed by atoms with E-state index in [2.05, 4.69) is 231 Å². The van der Waals surface area contributed by atoms with E-state index in [4.69, 9.17) is 4.42 Å². The van der Waals surface area contributed by atoms with Crippen LogP contribution in [0.2, 0.25) is 0 Å². The quantitative estimate of drug-likeness (QED) is 0.0899. The lowest BCUT2D eigenvalue weighted by molar-refractivity contribution is 0.199. The predicted octanol–water partition coefficient (Wildman–Crippen LogP) is 16.9. The highest BCUT2D eigenvalue weighted by molar-refractivity contribution is 7.00. The minimum Gasteiger partial charge on any atom is -0.456 e. The number of nitrogens with zero attached hydrogens (tertiary/aromatic N) is 3. The molecule has 8 aromatic rings. The smallest absolute Gasteiger partial charge is 0.252 e. The molecule has 1 fully saturated rings. The molecule has 2 aliphatic carbocycles. The highest BCUT2D eigenvalue weighted by atomic mass is 16.3. The topological polar surface area (TPSA) is 22.9 Å². The van der Waals surface area contributed by atoms with Gasteiger partial charge >= 0.3 is 0 Å². The summed E-state index contributed by atoms with van der Waals surface area (Å²) in [6, 6.07) is 57.1. The molecule has 12 rings (SSSR count). The zero-order valence-electron chi connectivity index (χ0n) is 41.9. The van der Waals surface area contributed by atoms with Gasteiger partial charge in [-0.3, -0.25) is 0 Å². The Balaban J connectivity index is 1.14. The summed E-state index contributed by atoms with van der Waals surface area (Å²) in [5.41, 5.74) is 20.8. The molecule has 352 valence electrons. The molecule has 4 aliphatic rings. The molecule has 2 unspecified atom stereocenters. The number of hydrogen-bond donors (Lipinski definition) is 0. The second-order valence-corrected chi connectivity index (χ2v) is 20.4. The van der Waals surface area contributed by atoms with Crippen molar-refractivity contribution >= 4 is 84.9 Å². The van der Waals surface area contributed by atoms with Gasteiger partial charge < -0.3 is 19.1 Å². The highest BCUT2D eigenvalue weighted by Crippen LogP contribution is 2.52. The van der Waals surface area contributed by atoms with Crippen LogP contribution in [0.3, 0.4) is 0 Å². The molecule has 1 saturated carbocycles. The molecule has 0 saturated heterocycles. The van der Waals surface area contributed by atoms with Gasteiger partial charge in [0.2, 0.25) is 0 Å². The Morgan fingerprint density at radius 2 is 1.51 bits per heavy atom. The van der Waals surface area contributed by atoms with Crippen molar-refractivity contribution in [1.29, 1.82) is 0 Å². The average molecular weight is 926 g/mol. The number of fused-ring (bicyclic) bond motifs is 7. The number of anilines is 7. The van der Waals surface area contributed by atoms with E-state index in [-0.39, 0.29) is 12.1 Å². The van der Waals surface area contributed by atoms with E-state index < -0.39 is 0 Å². The molecule has 0 bridgehead atoms. The first-order valence-electron chi connectivity index (χ1n) is 26.6. The molecule has 5 heteroatoms. The van der Waals surface area contributed by atoms with Gasteiger partial charge in [-0.25, -0.2) is 0 Å². The van der Waals surface area contributed by atoms with E-state index in [9.17, 15) is 0 Å². The summed E-state index contributed by atoms with van der Waals surface area (Å²) in [5, 5.41) is 2.31. The fraction of sp³-hybridized carbons (Fsp3) is 0.242. The third kappa shape index (κ3) is 7.68. The fourth-order valence-corrected chi connectivity index (χ4v) is 13.0. The van der Waals surface area contributed by atoms with Crippen molar-refractivity contribution in [3.63, 3.8) is 0 Å². The molecule has 0 spiro atoms. The van der Waals surface area contributed by atoms with Crippen LogP contribution < -0.4 is 31.1 Å². The van der Waals surface area contributed by atoms with Crippen LogP contribution in [0.15, 0.2) is 204 Å². The van der Waals surface area contributed by atoms with E-state index in [1.165, 1.54) is 113 Å². The summed E-state index contributed by atoms with van der Waals surface area (Å²) < 4.78 is 6.40. The lowest BCUT2D eigenvalue weighted by Gasteiger charge is -2.47. The standard InChI is InChI=1S/C66H64BN3O/c1-5-9-40-66(41-21-23-46(7-3)45-66)48-42-60-65-61(43-48)70(52-36-34-47(35-37-52)54-29-20-33-63-64(54)55-28-16-19-32-62(55)71-63)59-44-53(68(49(8-4)22-6-2)50-24-12-10-13-25-50)38-39-57(59)67(65)56-30-17-18-31-58(56)69(60)51-26-14-11-15-27-51/h6,8,10,12-14,16-20,22,24-39,42-44,46H,5,7,9,11,15,21,23,40-41,45H2,1-4H3/b22-6-,49-8+. The molecule has 71 heavy (non-hydrogen) atoms. The normalized spacial score (nSPS) is 18.5. The van der Waals surface area contributed by atoms with Crippen LogP contribution in [0, 0.1) is 5.92 Å². The number of allylic oxidation sites excluding steroid dienone is 6. The third-order valence-electron chi connectivity index (χ3n) is 16.3. The maximum Gasteiger partial charge on any atom is 0.252 e. The molecule has 7 aromatic carbocycles. The van der Waals surface area contributed by atoms with Crippen molar-refractivity contribution in [1.82, 2.24) is 0 Å². The molecule has 3 heterocycles. The summed E-state index contributed by atoms with van der Waals surface area (Å²) >= 11 is 0. The van der Waals surface area contributed by atoms with E-state index in [1.807, 2.05) is 0 Å². The first-order valence-corrected chi connectivity index (χ1v) is 26.6. The lowest BCUT2D eigenvalue weighted by atomic mass is 9.33. The number of para-hydroxylation sites is 3. The minimum atomic E-state index is 0.0319. The largest absolute Gasteiger partial charge is 0.456 e. The number of unbranched alkanes of at least 4 members (excludes halogenated alkanes) is 1. The van der Waals surface area contributed by atoms with Crippen LogP contribution >= 0.6 is 0 Å². The first-order chi connectivity index (χ1) is 35.0. The van der Waals surface area contributed by atoms with Crippen LogP contribution in [-0.4, -0.2) is 6.71 Å². The monoisotopic (exact) mass is 926 g/mol. The van der Waals surface area contributed by atoms with E-state index in [1.54, 1.807) is 0 Å². The molecule has 2 atom stereocenters. The van der Waals surface area contributed by atoms with Crippen molar-refractivity contribution in [3.05, 3.63) is 205 Å². The fourth-order valence-electron chi connectivity index (χ4n) is 13.0. The van der Waals surface area contributed by atoms with Gasteiger partial charge in [-0.15, -0.1) is 0 Å². The molecule has 1 aromatic heterocycles. The number of benzene rings is 7. The molecular weight excluding hydrogens is 862 g/mol. The maximum absolute atomic E-state index is 6.40. The number of furan rings is 1. The first kappa shape index (κ1) is 44.9. The van der Waals surface area contributed by atoms with Crippen molar-refractivity contribution in [2.24, 2.45) is 5.92 Å². The maximum atomic E-state index is 6.40. The van der Waals surface area contributed by atoms with Crippen LogP contribution in [0.4, 0.5) is 39.8 Å². The van der Waals surface area contributed by atoms with Crippen molar-refractivity contribution < 1.29 is 4.42 Å². The molecule has 0 N–H and O–H groups in total. The predicted molar refractivity (Wildman–Crippen MR) is 304 cm³/mol. The summed E-state index contributed by atoms with van der Waals surface area (Å²) in [4.78, 5) is 7.70. The van der Waals surface area contributed by atoms with Crippen molar-refractivity contribution in [2.75, 3.05) is 14.7 Å². The Morgan fingerprint density at radius 3 is 2.30 bits per heavy atom. The lowest BCUT2D eigenvalue weighted by Crippen LogP contribution is -2.62. The van der Waals surface area contributed by atoms with E-state index in [0.717, 1.165) is 63.5 Å². The second-order valence-electron chi connectivity index (χ2n) is 20.4. The van der Waals surface area contributed by atoms with E-state index >= 15 is 0 Å². The zero-order valence-corrected chi connectivity index (χ0v) is 41.9. The van der Waals surface area contributed by atoms with Gasteiger partial charge in [0, 0.05) is 62.0 Å². The van der Waals surface area contributed by atoms with Crippen molar-refractivity contribution in [3.8, 4) is 11.1 Å². The average Bonchev–Trinajstić information content (AvgIpc) is 3.82. The van der Waals surface area contributed by atoms with E-state index in [0.29, 0.717) is 0 Å². The van der Waals surface area contributed by atoms with Gasteiger partial charge in [0.15, 0.2) is 0 Å². The summed E-state index contributed by atoms with van der Waals surface area (Å²) in [6.07, 6.45) is 25.9. The molecule has 2 aliphatic heterocycles. The Bertz CT molecular complexity index is 3410. The van der Waals surface area contributed by atoms with Gasteiger partial charge in [-0.05, 0) is 169 Å². The Labute approximate surface area is 421 Å². The van der Waals surface area contributed by atoms with Gasteiger partial charge in [-0.1, -0.05) is 155 Å². The zero-order chi connectivity index (χ0) is 48.1. The van der Waals surface area contributed by atoms with Gasteiger partial charge in [0.05, 0.1) is 0 Å². The van der Waals surface area contributed by atoms with Crippen LogP contribution in [0.5, 0.6) is 0 Å². The number of rotatable bonds is 12. The molecule has 4 nitrogen and oxygen atoms in total. The van der Waals surface area contributed by atoms with Crippen LogP contribution in [0.1, 0.15) is 97.5 Å². The van der Waals surface area contributed by atoms with Gasteiger partial charge in [0.25, 0.3) is 6.71 Å².